The number of hydrogen-bond acceptors (Lipinski definition) is 9. The van der Waals surface area contributed by atoms with Crippen LogP contribution in [-0.2, 0) is 16.0 Å². The van der Waals surface area contributed by atoms with E-state index in [1.54, 1.807) is 25.5 Å². The van der Waals surface area contributed by atoms with Crippen LogP contribution < -0.4 is 26.4 Å². The molecule has 2 aromatic heterocycles. The number of aromatic nitrogens is 2. The van der Waals surface area contributed by atoms with Gasteiger partial charge in [0.1, 0.15) is 23.2 Å². The van der Waals surface area contributed by atoms with Crippen LogP contribution >= 0.6 is 0 Å². The number of esters is 1. The van der Waals surface area contributed by atoms with Crippen molar-refractivity contribution in [2.45, 2.75) is 33.2 Å². The number of benzene rings is 1. The van der Waals surface area contributed by atoms with Gasteiger partial charge in [-0.1, -0.05) is 12.1 Å². The van der Waals surface area contributed by atoms with E-state index in [9.17, 15) is 14.4 Å². The number of anilines is 4. The highest BCUT2D eigenvalue weighted by atomic mass is 16.5. The van der Waals surface area contributed by atoms with Crippen LogP contribution in [0.5, 0.6) is 0 Å². The monoisotopic (exact) mass is 487 g/mol. The molecule has 9 nitrogen and oxygen atoms in total. The third-order valence-electron chi connectivity index (χ3n) is 6.08. The van der Waals surface area contributed by atoms with Gasteiger partial charge in [0.25, 0.3) is 10.9 Å². The number of carbonyl (C=O) groups is 1. The highest BCUT2D eigenvalue weighted by Crippen LogP contribution is 2.25. The summed E-state index contributed by atoms with van der Waals surface area (Å²) >= 11 is 0. The Hall–Kier alpha value is -4.27. The number of nitrogens with one attached hydrogen (secondary N) is 2. The molecule has 0 saturated carbocycles. The van der Waals surface area contributed by atoms with E-state index in [1.165, 1.54) is 0 Å². The Morgan fingerprint density at radius 1 is 1.00 bits per heavy atom. The van der Waals surface area contributed by atoms with Crippen LogP contribution in [0.1, 0.15) is 26.3 Å². The molecule has 0 aliphatic heterocycles. The van der Waals surface area contributed by atoms with E-state index in [4.69, 9.17) is 4.74 Å². The maximum Gasteiger partial charge on any atom is 0.328 e. The molecule has 36 heavy (non-hydrogen) atoms. The molecule has 0 radical (unpaired) electrons. The van der Waals surface area contributed by atoms with Gasteiger partial charge in [-0.05, 0) is 56.0 Å². The van der Waals surface area contributed by atoms with Gasteiger partial charge in [-0.25, -0.2) is 9.78 Å². The molecule has 0 bridgehead atoms. The molecular weight excluding hydrogens is 458 g/mol. The highest BCUT2D eigenvalue weighted by molar-refractivity contribution is 5.92. The van der Waals surface area contributed by atoms with E-state index in [2.05, 4.69) is 20.6 Å². The van der Waals surface area contributed by atoms with Crippen molar-refractivity contribution in [2.24, 2.45) is 0 Å². The number of ether oxygens (including phenoxy) is 1. The highest BCUT2D eigenvalue weighted by Gasteiger charge is 2.29. The second-order valence-electron chi connectivity index (χ2n) is 8.29. The number of fused-ring (bicyclic) bond motifs is 1. The van der Waals surface area contributed by atoms with Gasteiger partial charge in [-0.3, -0.25) is 14.6 Å². The van der Waals surface area contributed by atoms with Gasteiger partial charge in [0.2, 0.25) is 0 Å². The number of pyridine rings is 2. The van der Waals surface area contributed by atoms with Crippen LogP contribution in [0.15, 0.2) is 64.6 Å². The molecule has 0 saturated heterocycles. The summed E-state index contributed by atoms with van der Waals surface area (Å²) in [4.78, 5) is 47.7. The van der Waals surface area contributed by atoms with Crippen molar-refractivity contribution in [1.29, 1.82) is 0 Å². The average Bonchev–Trinajstić information content (AvgIpc) is 2.91. The van der Waals surface area contributed by atoms with E-state index in [-0.39, 0.29) is 18.7 Å². The van der Waals surface area contributed by atoms with E-state index >= 15 is 0 Å². The predicted molar refractivity (Wildman–Crippen MR) is 142 cm³/mol. The Morgan fingerprint density at radius 3 is 2.42 bits per heavy atom. The Balaban J connectivity index is 1.53. The summed E-state index contributed by atoms with van der Waals surface area (Å²) in [5.41, 5.74) is 1.06. The largest absolute Gasteiger partial charge is 0.464 e. The summed E-state index contributed by atoms with van der Waals surface area (Å²) < 4.78 is 5.24. The minimum absolute atomic E-state index is 0.177. The summed E-state index contributed by atoms with van der Waals surface area (Å²) in [5, 5.41) is 8.25. The third kappa shape index (κ3) is 5.05. The molecule has 186 valence electrons. The quantitative estimate of drug-likeness (QED) is 0.243. The molecule has 0 spiro atoms. The van der Waals surface area contributed by atoms with Crippen molar-refractivity contribution in [2.75, 3.05) is 35.2 Å². The maximum atomic E-state index is 12.7. The lowest BCUT2D eigenvalue weighted by atomic mass is 10.0. The van der Waals surface area contributed by atoms with Crippen molar-refractivity contribution in [1.82, 2.24) is 9.97 Å². The van der Waals surface area contributed by atoms with Crippen molar-refractivity contribution >= 4 is 39.6 Å². The van der Waals surface area contributed by atoms with E-state index in [1.807, 2.05) is 55.1 Å². The van der Waals surface area contributed by atoms with Crippen LogP contribution in [0.4, 0.5) is 22.9 Å². The molecule has 2 aromatic carbocycles. The Morgan fingerprint density at radius 2 is 1.72 bits per heavy atom. The second kappa shape index (κ2) is 11.0. The van der Waals surface area contributed by atoms with Crippen LogP contribution in [0, 0.1) is 0 Å². The van der Waals surface area contributed by atoms with Crippen LogP contribution in [-0.4, -0.2) is 41.7 Å². The van der Waals surface area contributed by atoms with Gasteiger partial charge in [-0.15, -0.1) is 0 Å². The SMILES string of the molecule is CCOC(=O)[C@H](Cc1ccc(Nc2nccc3ccncc23)cc1)Nc1c(N(CC)CC)c(=O)c1=O. The number of hydrogen-bond donors (Lipinski definition) is 2. The van der Waals surface area contributed by atoms with Gasteiger partial charge in [0, 0.05) is 49.2 Å². The lowest BCUT2D eigenvalue weighted by Gasteiger charge is -2.27. The smallest absolute Gasteiger partial charge is 0.328 e. The predicted octanol–water partition coefficient (Wildman–Crippen LogP) is 3.40. The summed E-state index contributed by atoms with van der Waals surface area (Å²) in [6.07, 6.45) is 5.53. The fraction of sp³-hybridized carbons (Fsp3) is 0.296. The van der Waals surface area contributed by atoms with E-state index in [0.29, 0.717) is 24.6 Å². The first kappa shape index (κ1) is 24.8. The summed E-state index contributed by atoms with van der Waals surface area (Å²) in [6, 6.07) is 10.6. The third-order valence-corrected chi connectivity index (χ3v) is 6.08. The van der Waals surface area contributed by atoms with Gasteiger partial charge >= 0.3 is 5.97 Å². The lowest BCUT2D eigenvalue weighted by molar-refractivity contribution is -0.144. The van der Waals surface area contributed by atoms with Gasteiger partial charge in [0.15, 0.2) is 0 Å². The first-order chi connectivity index (χ1) is 17.5. The first-order valence-electron chi connectivity index (χ1n) is 12.0. The molecule has 2 N–H and O–H groups in total. The molecule has 0 amide bonds. The van der Waals surface area contributed by atoms with Crippen LogP contribution in [0.25, 0.3) is 10.8 Å². The standard InChI is InChI=1S/C27H29N5O4/c1-4-32(5-2)23-22(24(33)25(23)34)31-21(27(35)36-6-3)15-17-7-9-19(10-8-17)30-26-20-16-28-13-11-18(20)12-14-29-26/h7-14,16,21,31H,4-6,15H2,1-3H3,(H,29,30)/t21-/m0/s1. The number of carbonyl (C=O) groups excluding carboxylic acids is 1. The van der Waals surface area contributed by atoms with Crippen molar-refractivity contribution < 1.29 is 9.53 Å². The molecule has 2 heterocycles. The van der Waals surface area contributed by atoms with Gasteiger partial charge < -0.3 is 20.3 Å². The minimum atomic E-state index is -0.813. The van der Waals surface area contributed by atoms with Crippen molar-refractivity contribution in [3.05, 3.63) is 81.0 Å². The molecule has 9 heteroatoms. The zero-order valence-corrected chi connectivity index (χ0v) is 20.6. The van der Waals surface area contributed by atoms with E-state index < -0.39 is 22.9 Å². The molecule has 0 fully saturated rings. The average molecular weight is 488 g/mol. The van der Waals surface area contributed by atoms with Crippen LogP contribution in [0.2, 0.25) is 0 Å². The summed E-state index contributed by atoms with van der Waals surface area (Å²) in [6.45, 7) is 6.92. The maximum absolute atomic E-state index is 12.7. The zero-order valence-electron chi connectivity index (χ0n) is 20.6. The molecule has 0 unspecified atom stereocenters. The minimum Gasteiger partial charge on any atom is -0.464 e. The Labute approximate surface area is 208 Å². The fourth-order valence-electron chi connectivity index (χ4n) is 4.17. The molecule has 4 aromatic rings. The fourth-order valence-corrected chi connectivity index (χ4v) is 4.17. The number of rotatable bonds is 11. The van der Waals surface area contributed by atoms with Gasteiger partial charge in [0.05, 0.1) is 6.61 Å². The topological polar surface area (TPSA) is 114 Å². The first-order valence-corrected chi connectivity index (χ1v) is 12.0. The van der Waals surface area contributed by atoms with Gasteiger partial charge in [-0.2, -0.15) is 0 Å². The molecule has 4 rings (SSSR count). The molecule has 0 aliphatic carbocycles. The molecular formula is C27H29N5O4. The molecule has 0 aliphatic rings. The Kier molecular flexibility index (Phi) is 7.58. The van der Waals surface area contributed by atoms with Crippen LogP contribution in [0.3, 0.4) is 0 Å². The van der Waals surface area contributed by atoms with E-state index in [0.717, 1.165) is 22.0 Å². The normalized spacial score (nSPS) is 11.9. The van der Waals surface area contributed by atoms with Crippen molar-refractivity contribution in [3.8, 4) is 0 Å². The number of nitrogens with zero attached hydrogens (tertiary/aromatic N) is 3. The second-order valence-corrected chi connectivity index (χ2v) is 8.29. The molecule has 1 atom stereocenters. The summed E-state index contributed by atoms with van der Waals surface area (Å²) in [5.74, 6) is 0.217. The summed E-state index contributed by atoms with van der Waals surface area (Å²) in [7, 11) is 0. The lowest BCUT2D eigenvalue weighted by Crippen LogP contribution is -2.46. The Bertz CT molecular complexity index is 1420. The zero-order chi connectivity index (χ0) is 25.7. The van der Waals surface area contributed by atoms with Crippen molar-refractivity contribution in [3.63, 3.8) is 0 Å².